The third-order valence-corrected chi connectivity index (χ3v) is 13.7. The number of benzene rings is 1. The van der Waals surface area contributed by atoms with Gasteiger partial charge in [0.1, 0.15) is 17.7 Å². The topological polar surface area (TPSA) is 48.9 Å². The maximum atomic E-state index is 14.7. The summed E-state index contributed by atoms with van der Waals surface area (Å²) in [6.45, 7) is 17.4. The summed E-state index contributed by atoms with van der Waals surface area (Å²) in [5, 5.41) is -0.136. The number of pyridine rings is 1. The Labute approximate surface area is 254 Å². The van der Waals surface area contributed by atoms with Crippen LogP contribution in [0.3, 0.4) is 0 Å². The zero-order chi connectivity index (χ0) is 31.7. The van der Waals surface area contributed by atoms with Gasteiger partial charge in [-0.2, -0.15) is 13.2 Å². The first-order chi connectivity index (χ1) is 20.0. The van der Waals surface area contributed by atoms with E-state index in [1.54, 1.807) is 28.9 Å². The van der Waals surface area contributed by atoms with Gasteiger partial charge in [-0.3, -0.25) is 4.79 Å². The summed E-state index contributed by atoms with van der Waals surface area (Å²) < 4.78 is 62.6. The number of nitrogens with zero attached hydrogens (tertiary/aromatic N) is 4. The van der Waals surface area contributed by atoms with Crippen molar-refractivity contribution in [1.82, 2.24) is 9.88 Å². The molecule has 0 bridgehead atoms. The average molecular weight is 623 g/mol. The number of halogens is 4. The van der Waals surface area contributed by atoms with Gasteiger partial charge in [0.2, 0.25) is 0 Å². The molecule has 1 aromatic heterocycles. The molecule has 2 aliphatic rings. The first-order valence-corrected chi connectivity index (χ1v) is 18.2. The second-order valence-corrected chi connectivity index (χ2v) is 18.3. The molecule has 0 unspecified atom stereocenters. The average Bonchev–Trinajstić information content (AvgIpc) is 3.56. The summed E-state index contributed by atoms with van der Waals surface area (Å²) in [5.41, 5.74) is 0.409. The summed E-state index contributed by atoms with van der Waals surface area (Å²) in [4.78, 5) is 24.9. The summed E-state index contributed by atoms with van der Waals surface area (Å²) in [6.07, 6.45) is -1.58. The van der Waals surface area contributed by atoms with Crippen molar-refractivity contribution < 1.29 is 26.8 Å². The fourth-order valence-electron chi connectivity index (χ4n) is 5.74. The molecule has 0 spiro atoms. The number of amides is 1. The molecule has 0 saturated carbocycles. The van der Waals surface area contributed by atoms with Crippen LogP contribution in [0.15, 0.2) is 30.3 Å². The summed E-state index contributed by atoms with van der Waals surface area (Å²) in [5.74, 6) is -0.525. The van der Waals surface area contributed by atoms with Gasteiger partial charge in [0.05, 0.1) is 11.7 Å². The van der Waals surface area contributed by atoms with Crippen molar-refractivity contribution in [2.24, 2.45) is 0 Å². The number of likely N-dealkylation sites (tertiary alicyclic amines) is 1. The molecule has 238 valence electrons. The van der Waals surface area contributed by atoms with E-state index < -0.39 is 32.2 Å². The smallest absolute Gasteiger partial charge is 0.411 e. The Bertz CT molecular complexity index is 1290. The van der Waals surface area contributed by atoms with Crippen molar-refractivity contribution in [2.45, 2.75) is 96.8 Å². The lowest BCUT2D eigenvalue weighted by molar-refractivity contribution is -0.137. The highest BCUT2D eigenvalue weighted by Gasteiger charge is 2.48. The highest BCUT2D eigenvalue weighted by molar-refractivity contribution is 6.74. The first-order valence-electron chi connectivity index (χ1n) is 15.3. The van der Waals surface area contributed by atoms with E-state index in [-0.39, 0.29) is 28.3 Å². The lowest BCUT2D eigenvalue weighted by Gasteiger charge is -2.41. The number of aromatic nitrogens is 1. The molecule has 2 fully saturated rings. The molecule has 43 heavy (non-hydrogen) atoms. The molecule has 0 radical (unpaired) electrons. The van der Waals surface area contributed by atoms with Crippen molar-refractivity contribution in [2.75, 3.05) is 42.5 Å². The highest BCUT2D eigenvalue weighted by atomic mass is 28.4. The van der Waals surface area contributed by atoms with E-state index in [4.69, 9.17) is 4.43 Å². The van der Waals surface area contributed by atoms with Crippen LogP contribution in [-0.4, -0.2) is 69.0 Å². The molecular weight excluding hydrogens is 576 g/mol. The van der Waals surface area contributed by atoms with Crippen LogP contribution < -0.4 is 9.80 Å². The molecule has 6 nitrogen and oxygen atoms in total. The van der Waals surface area contributed by atoms with E-state index in [1.807, 2.05) is 0 Å². The van der Waals surface area contributed by atoms with E-state index in [0.29, 0.717) is 37.2 Å². The van der Waals surface area contributed by atoms with Crippen LogP contribution in [0, 0.1) is 19.7 Å². The Morgan fingerprint density at radius 2 is 1.74 bits per heavy atom. The number of carbonyl (C=O) groups excluding carboxylic acids is 1. The van der Waals surface area contributed by atoms with Gasteiger partial charge in [-0.15, -0.1) is 0 Å². The molecule has 3 heterocycles. The number of carbonyl (C=O) groups is 1. The Morgan fingerprint density at radius 1 is 1.07 bits per heavy atom. The predicted octanol–water partition coefficient (Wildman–Crippen LogP) is 7.34. The number of alkyl halides is 3. The highest BCUT2D eigenvalue weighted by Crippen LogP contribution is 2.41. The molecule has 0 N–H and O–H groups in total. The van der Waals surface area contributed by atoms with Gasteiger partial charge in [0.15, 0.2) is 8.32 Å². The van der Waals surface area contributed by atoms with E-state index in [0.717, 1.165) is 44.6 Å². The van der Waals surface area contributed by atoms with Gasteiger partial charge in [0.25, 0.3) is 5.91 Å². The number of aryl methyl sites for hydroxylation is 2. The maximum Gasteiger partial charge on any atom is 0.416 e. The van der Waals surface area contributed by atoms with E-state index >= 15 is 0 Å². The van der Waals surface area contributed by atoms with Crippen LogP contribution in [0.2, 0.25) is 18.1 Å². The summed E-state index contributed by atoms with van der Waals surface area (Å²) in [7, 11) is -2.37. The minimum Gasteiger partial charge on any atom is -0.411 e. The van der Waals surface area contributed by atoms with Crippen molar-refractivity contribution >= 4 is 25.7 Å². The van der Waals surface area contributed by atoms with Crippen molar-refractivity contribution in [1.29, 1.82) is 0 Å². The summed E-state index contributed by atoms with van der Waals surface area (Å²) in [6, 6.07) is 5.79. The Hall–Kier alpha value is -2.50. The lowest BCUT2D eigenvalue weighted by atomic mass is 10.1. The number of hydrogen-bond acceptors (Lipinski definition) is 5. The Kier molecular flexibility index (Phi) is 9.98. The normalized spacial score (nSPS) is 20.2. The Morgan fingerprint density at radius 3 is 2.35 bits per heavy atom. The second-order valence-electron chi connectivity index (χ2n) is 13.5. The van der Waals surface area contributed by atoms with E-state index in [9.17, 15) is 22.4 Å². The molecular formula is C32H46F4N4O2Si. The van der Waals surface area contributed by atoms with Crippen LogP contribution in [0.4, 0.5) is 29.1 Å². The number of rotatable bonds is 9. The second kappa shape index (κ2) is 12.8. The minimum atomic E-state index is -4.55. The van der Waals surface area contributed by atoms with Crippen molar-refractivity contribution in [3.63, 3.8) is 0 Å². The zero-order valence-corrected chi connectivity index (χ0v) is 27.5. The van der Waals surface area contributed by atoms with Crippen LogP contribution in [0.25, 0.3) is 0 Å². The van der Waals surface area contributed by atoms with Gasteiger partial charge >= 0.3 is 6.18 Å². The third kappa shape index (κ3) is 7.78. The third-order valence-electron chi connectivity index (χ3n) is 9.18. The minimum absolute atomic E-state index is 0.110. The summed E-state index contributed by atoms with van der Waals surface area (Å²) >= 11 is 0. The maximum absolute atomic E-state index is 14.7. The molecule has 4 rings (SSSR count). The van der Waals surface area contributed by atoms with Crippen LogP contribution in [-0.2, 0) is 15.4 Å². The van der Waals surface area contributed by atoms with Gasteiger partial charge in [-0.05, 0) is 113 Å². The standard InChI is InChI=1S/C32H46F4N4O2Si/c1-22-19-25(11-12-26(22)33)39(17-10-16-38-14-8-9-15-38)30(41)29-27(42-43(6,7)31(3,4)5)13-18-40(29)28-21-24(32(34,35)36)20-23(2)37-28/h11-12,19-21,27,29H,8-10,13-18H2,1-7H3/t27-,29+/m1/s1. The van der Waals surface area contributed by atoms with E-state index in [2.05, 4.69) is 43.7 Å². The molecule has 0 aliphatic carbocycles. The molecule has 11 heteroatoms. The van der Waals surface area contributed by atoms with Crippen molar-refractivity contribution in [3.8, 4) is 0 Å². The van der Waals surface area contributed by atoms with Gasteiger partial charge in [-0.1, -0.05) is 20.8 Å². The van der Waals surface area contributed by atoms with E-state index in [1.165, 1.54) is 13.0 Å². The lowest BCUT2D eigenvalue weighted by Crippen LogP contribution is -2.55. The number of hydrogen-bond donors (Lipinski definition) is 0. The molecule has 2 saturated heterocycles. The largest absolute Gasteiger partial charge is 0.416 e. The number of anilines is 2. The monoisotopic (exact) mass is 622 g/mol. The van der Waals surface area contributed by atoms with Crippen LogP contribution in [0.5, 0.6) is 0 Å². The fraction of sp³-hybridized carbons (Fsp3) is 0.625. The molecule has 2 aromatic rings. The molecule has 1 aromatic carbocycles. The van der Waals surface area contributed by atoms with Crippen LogP contribution in [0.1, 0.15) is 63.3 Å². The van der Waals surface area contributed by atoms with Gasteiger partial charge in [0, 0.05) is 24.5 Å². The van der Waals surface area contributed by atoms with Gasteiger partial charge < -0.3 is 19.1 Å². The Balaban J connectivity index is 1.75. The van der Waals surface area contributed by atoms with Gasteiger partial charge in [-0.25, -0.2) is 9.37 Å². The SMILES string of the molecule is Cc1cc(C(F)(F)F)cc(N2CC[C@@H](O[Si](C)(C)C(C)(C)C)[C@H]2C(=O)N(CCCN2CCCC2)c2ccc(F)c(C)c2)n1. The molecule has 1 amide bonds. The zero-order valence-electron chi connectivity index (χ0n) is 26.5. The predicted molar refractivity (Wildman–Crippen MR) is 166 cm³/mol. The van der Waals surface area contributed by atoms with Crippen molar-refractivity contribution in [3.05, 3.63) is 53.0 Å². The molecule has 2 aliphatic heterocycles. The fourth-order valence-corrected chi connectivity index (χ4v) is 7.09. The quantitative estimate of drug-likeness (QED) is 0.216. The van der Waals surface area contributed by atoms with Crippen LogP contribution >= 0.6 is 0 Å². The molecule has 2 atom stereocenters. The first kappa shape index (κ1) is 33.4.